The van der Waals surface area contributed by atoms with Gasteiger partial charge in [0.2, 0.25) is 0 Å². The van der Waals surface area contributed by atoms with Crippen molar-refractivity contribution >= 4 is 16.3 Å². The molecule has 18 heavy (non-hydrogen) atoms. The van der Waals surface area contributed by atoms with Gasteiger partial charge in [0.15, 0.2) is 11.8 Å². The zero-order chi connectivity index (χ0) is 13.3. The summed E-state index contributed by atoms with van der Waals surface area (Å²) in [6.07, 6.45) is 1.12. The van der Waals surface area contributed by atoms with Crippen LogP contribution in [-0.2, 0) is 10.1 Å². The molecule has 0 atom stereocenters. The van der Waals surface area contributed by atoms with E-state index in [9.17, 15) is 18.2 Å². The molecule has 0 aromatic heterocycles. The van der Waals surface area contributed by atoms with Crippen molar-refractivity contribution in [1.82, 2.24) is 0 Å². The molecule has 0 fully saturated rings. The van der Waals surface area contributed by atoms with Crippen LogP contribution in [0.4, 0.5) is 0 Å². The number of benzene rings is 1. The minimum absolute atomic E-state index is 0. The number of hydrogen-bond acceptors (Lipinski definition) is 4. The van der Waals surface area contributed by atoms with Gasteiger partial charge in [-0.15, -0.1) is 0 Å². The molecular weight excluding hydrogens is 265 g/mol. The Morgan fingerprint density at radius 3 is 2.17 bits per heavy atom. The van der Waals surface area contributed by atoms with E-state index >= 15 is 0 Å². The van der Waals surface area contributed by atoms with Gasteiger partial charge in [-0.2, -0.15) is 0 Å². The summed E-state index contributed by atoms with van der Waals surface area (Å²) in [6, 6.07) is 5.61. The Hall–Kier alpha value is -0.400. The number of rotatable bonds is 2. The Bertz CT molecular complexity index is 546. The second-order valence-electron chi connectivity index (χ2n) is 4.62. The van der Waals surface area contributed by atoms with E-state index in [-0.39, 0.29) is 40.0 Å². The van der Waals surface area contributed by atoms with E-state index in [4.69, 9.17) is 0 Å². The van der Waals surface area contributed by atoms with Crippen LogP contribution in [0, 0.1) is 5.21 Å². The first-order valence-corrected chi connectivity index (χ1v) is 6.39. The summed E-state index contributed by atoms with van der Waals surface area (Å²) in [6.45, 7) is 5.06. The summed E-state index contributed by atoms with van der Waals surface area (Å²) >= 11 is 0. The van der Waals surface area contributed by atoms with Crippen LogP contribution in [0.1, 0.15) is 26.3 Å². The summed E-state index contributed by atoms with van der Waals surface area (Å²) in [4.78, 5) is -0.384. The first kappa shape index (κ1) is 17.6. The van der Waals surface area contributed by atoms with Gasteiger partial charge in [-0.05, 0) is 12.1 Å². The Balaban J connectivity index is 0.00000289. The van der Waals surface area contributed by atoms with Crippen LogP contribution in [0.5, 0.6) is 0 Å². The van der Waals surface area contributed by atoms with Crippen LogP contribution < -0.4 is 29.6 Å². The van der Waals surface area contributed by atoms with Gasteiger partial charge in [0.1, 0.15) is 10.1 Å². The van der Waals surface area contributed by atoms with Crippen LogP contribution in [0.2, 0.25) is 0 Å². The maximum Gasteiger partial charge on any atom is 1.00 e. The fourth-order valence-electron chi connectivity index (χ4n) is 1.13. The monoisotopic (exact) mass is 279 g/mol. The van der Waals surface area contributed by atoms with Gasteiger partial charge < -0.3 is 9.76 Å². The molecule has 0 N–H and O–H groups in total. The van der Waals surface area contributed by atoms with Crippen LogP contribution >= 0.6 is 0 Å². The van der Waals surface area contributed by atoms with Crippen LogP contribution in [0.3, 0.4) is 0 Å². The third-order valence-electron chi connectivity index (χ3n) is 2.11. The standard InChI is InChI=1S/C11H15NO4S.Na/c1-11(2,3)12(13)8-9-6-4-5-7-10(9)17(14,15)16;/h4-8H,1-3H3,(H,14,15,16);/q;+1/p-1/b12-8-;. The third kappa shape index (κ3) is 4.70. The Labute approximate surface area is 129 Å². The number of hydroxylamine groups is 1. The third-order valence-corrected chi connectivity index (χ3v) is 3.02. The maximum absolute atomic E-state index is 11.7. The van der Waals surface area contributed by atoms with Gasteiger partial charge in [0.05, 0.1) is 10.5 Å². The van der Waals surface area contributed by atoms with Crippen molar-refractivity contribution in [2.75, 3.05) is 0 Å². The molecule has 0 saturated heterocycles. The molecule has 0 unspecified atom stereocenters. The minimum Gasteiger partial charge on any atom is -0.744 e. The Morgan fingerprint density at radius 1 is 1.22 bits per heavy atom. The molecule has 5 nitrogen and oxygen atoms in total. The van der Waals surface area contributed by atoms with E-state index in [1.54, 1.807) is 26.8 Å². The van der Waals surface area contributed by atoms with Gasteiger partial charge in [0.25, 0.3) is 0 Å². The molecule has 0 aliphatic carbocycles. The molecule has 0 radical (unpaired) electrons. The summed E-state index contributed by atoms with van der Waals surface area (Å²) in [5.74, 6) is 0. The molecule has 0 bridgehead atoms. The first-order chi connectivity index (χ1) is 7.62. The molecule has 1 aromatic rings. The minimum atomic E-state index is -4.57. The number of hydrogen-bond donors (Lipinski definition) is 0. The zero-order valence-electron chi connectivity index (χ0n) is 10.9. The maximum atomic E-state index is 11.7. The summed E-state index contributed by atoms with van der Waals surface area (Å²) < 4.78 is 33.6. The quantitative estimate of drug-likeness (QED) is 0.162. The van der Waals surface area contributed by atoms with Gasteiger partial charge >= 0.3 is 29.6 Å². The molecule has 0 spiro atoms. The van der Waals surface area contributed by atoms with E-state index in [2.05, 4.69) is 0 Å². The van der Waals surface area contributed by atoms with Crippen molar-refractivity contribution in [3.63, 3.8) is 0 Å². The predicted molar refractivity (Wildman–Crippen MR) is 63.0 cm³/mol. The molecule has 0 amide bonds. The average molecular weight is 279 g/mol. The SMILES string of the molecule is CC(C)(C)/[N+]([O-])=C/c1ccccc1S(=O)(=O)[O-].[Na+]. The second kappa shape index (κ2) is 6.16. The summed E-state index contributed by atoms with van der Waals surface area (Å²) in [5, 5.41) is 11.7. The normalized spacial score (nSPS) is 13.0. The summed E-state index contributed by atoms with van der Waals surface area (Å²) in [5.41, 5.74) is -0.591. The second-order valence-corrected chi connectivity index (χ2v) is 5.97. The van der Waals surface area contributed by atoms with Crippen molar-refractivity contribution < 1.29 is 47.3 Å². The van der Waals surface area contributed by atoms with Gasteiger partial charge in [-0.1, -0.05) is 12.1 Å². The molecule has 0 aliphatic rings. The van der Waals surface area contributed by atoms with Crippen molar-refractivity contribution in [2.24, 2.45) is 0 Å². The van der Waals surface area contributed by atoms with Crippen molar-refractivity contribution in [2.45, 2.75) is 31.2 Å². The van der Waals surface area contributed by atoms with E-state index in [1.807, 2.05) is 0 Å². The topological polar surface area (TPSA) is 83.3 Å². The first-order valence-electron chi connectivity index (χ1n) is 4.98. The van der Waals surface area contributed by atoms with Gasteiger partial charge in [-0.25, -0.2) is 13.2 Å². The van der Waals surface area contributed by atoms with E-state index in [0.29, 0.717) is 4.74 Å². The number of nitrogens with zero attached hydrogens (tertiary/aromatic N) is 1. The van der Waals surface area contributed by atoms with E-state index in [1.165, 1.54) is 18.2 Å². The van der Waals surface area contributed by atoms with Crippen molar-refractivity contribution in [1.29, 1.82) is 0 Å². The van der Waals surface area contributed by atoms with Crippen LogP contribution in [0.15, 0.2) is 29.2 Å². The zero-order valence-corrected chi connectivity index (χ0v) is 13.7. The van der Waals surface area contributed by atoms with E-state index < -0.39 is 15.7 Å². The summed E-state index contributed by atoms with van der Waals surface area (Å²) in [7, 11) is -4.57. The van der Waals surface area contributed by atoms with Gasteiger partial charge in [0, 0.05) is 20.8 Å². The molecule has 0 heterocycles. The fourth-order valence-corrected chi connectivity index (χ4v) is 1.79. The van der Waals surface area contributed by atoms with Crippen molar-refractivity contribution in [3.8, 4) is 0 Å². The molecule has 7 heteroatoms. The average Bonchev–Trinajstić information content (AvgIpc) is 2.15. The Kier molecular flexibility index (Phi) is 6.03. The Morgan fingerprint density at radius 2 is 1.72 bits per heavy atom. The van der Waals surface area contributed by atoms with E-state index in [0.717, 1.165) is 6.21 Å². The van der Waals surface area contributed by atoms with Gasteiger partial charge in [-0.3, -0.25) is 0 Å². The fraction of sp³-hybridized carbons (Fsp3) is 0.364. The largest absolute Gasteiger partial charge is 1.00 e. The molecule has 94 valence electrons. The smallest absolute Gasteiger partial charge is 0.744 e. The molecule has 1 rings (SSSR count). The predicted octanol–water partition coefficient (Wildman–Crippen LogP) is -1.68. The van der Waals surface area contributed by atoms with Crippen LogP contribution in [-0.4, -0.2) is 29.5 Å². The molecule has 0 aliphatic heterocycles. The van der Waals surface area contributed by atoms with Crippen LogP contribution in [0.25, 0.3) is 0 Å². The van der Waals surface area contributed by atoms with Crippen molar-refractivity contribution in [3.05, 3.63) is 35.0 Å². The molecule has 0 saturated carbocycles. The molecular formula is C11H14NNaO4S. The molecule has 1 aromatic carbocycles.